The van der Waals surface area contributed by atoms with Crippen LogP contribution in [0.1, 0.15) is 31.7 Å². The Balaban J connectivity index is 1.92. The number of nitrogens with zero attached hydrogens (tertiary/aromatic N) is 2. The predicted octanol–water partition coefficient (Wildman–Crippen LogP) is 3.08. The maximum Gasteiger partial charge on any atom is 0.261 e. The van der Waals surface area contributed by atoms with Crippen molar-refractivity contribution in [3.8, 4) is 11.5 Å². The Morgan fingerprint density at radius 1 is 1.38 bits per heavy atom. The molecule has 1 heterocycles. The van der Waals surface area contributed by atoms with Gasteiger partial charge in [0.1, 0.15) is 17.7 Å². The fraction of sp³-hybridized carbons (Fsp3) is 0.429. The zero-order valence-electron chi connectivity index (χ0n) is 11.5. The molecule has 112 valence electrons. The average Bonchev–Trinajstić information content (AvgIpc) is 3.17. The van der Waals surface area contributed by atoms with E-state index < -0.39 is 11.6 Å². The summed E-state index contributed by atoms with van der Waals surface area (Å²) >= 11 is 0. The van der Waals surface area contributed by atoms with Crippen molar-refractivity contribution in [3.05, 3.63) is 29.6 Å². The molecule has 1 fully saturated rings. The van der Waals surface area contributed by atoms with Gasteiger partial charge in [-0.05, 0) is 31.7 Å². The SMILES string of the molecule is CCOC(c1noc(-c2cc(N)c(F)cc2F)n1)C1CC1. The average molecular weight is 295 g/mol. The van der Waals surface area contributed by atoms with Crippen LogP contribution in [0, 0.1) is 17.6 Å². The lowest BCUT2D eigenvalue weighted by atomic mass is 10.1. The number of anilines is 1. The highest BCUT2D eigenvalue weighted by Crippen LogP contribution is 2.42. The van der Waals surface area contributed by atoms with Gasteiger partial charge in [0.2, 0.25) is 5.82 Å². The highest BCUT2D eigenvalue weighted by molar-refractivity contribution is 5.61. The third-order valence-electron chi connectivity index (χ3n) is 3.41. The molecule has 2 aromatic rings. The van der Waals surface area contributed by atoms with Crippen molar-refractivity contribution in [3.63, 3.8) is 0 Å². The molecule has 5 nitrogen and oxygen atoms in total. The van der Waals surface area contributed by atoms with Crippen molar-refractivity contribution in [2.24, 2.45) is 5.92 Å². The molecule has 2 N–H and O–H groups in total. The van der Waals surface area contributed by atoms with Gasteiger partial charge in [-0.1, -0.05) is 5.16 Å². The van der Waals surface area contributed by atoms with E-state index in [1.54, 1.807) is 0 Å². The molecule has 1 aromatic heterocycles. The van der Waals surface area contributed by atoms with E-state index in [0.717, 1.165) is 18.9 Å². The molecule has 1 aliphatic rings. The van der Waals surface area contributed by atoms with Crippen molar-refractivity contribution in [2.75, 3.05) is 12.3 Å². The summed E-state index contributed by atoms with van der Waals surface area (Å²) in [5.41, 5.74) is 5.26. The summed E-state index contributed by atoms with van der Waals surface area (Å²) in [7, 11) is 0. The molecular weight excluding hydrogens is 280 g/mol. The number of halogens is 2. The van der Waals surface area contributed by atoms with Crippen LogP contribution in [0.2, 0.25) is 0 Å². The lowest BCUT2D eigenvalue weighted by Gasteiger charge is -2.11. The zero-order valence-corrected chi connectivity index (χ0v) is 11.5. The maximum atomic E-state index is 13.8. The number of rotatable bonds is 5. The van der Waals surface area contributed by atoms with Gasteiger partial charge >= 0.3 is 0 Å². The van der Waals surface area contributed by atoms with Crippen LogP contribution in [0.4, 0.5) is 14.5 Å². The van der Waals surface area contributed by atoms with E-state index in [2.05, 4.69) is 10.1 Å². The van der Waals surface area contributed by atoms with Crippen LogP contribution in [-0.4, -0.2) is 16.7 Å². The smallest absolute Gasteiger partial charge is 0.261 e. The highest BCUT2D eigenvalue weighted by Gasteiger charge is 2.36. The number of aromatic nitrogens is 2. The van der Waals surface area contributed by atoms with E-state index in [1.165, 1.54) is 0 Å². The van der Waals surface area contributed by atoms with Crippen LogP contribution >= 0.6 is 0 Å². The molecule has 0 radical (unpaired) electrons. The first-order chi connectivity index (χ1) is 10.1. The Labute approximate surface area is 120 Å². The summed E-state index contributed by atoms with van der Waals surface area (Å²) in [4.78, 5) is 4.17. The fourth-order valence-corrected chi connectivity index (χ4v) is 2.19. The van der Waals surface area contributed by atoms with Crippen molar-refractivity contribution in [2.45, 2.75) is 25.9 Å². The van der Waals surface area contributed by atoms with E-state index in [-0.39, 0.29) is 23.2 Å². The van der Waals surface area contributed by atoms with E-state index >= 15 is 0 Å². The summed E-state index contributed by atoms with van der Waals surface area (Å²) in [6, 6.07) is 1.85. The normalized spacial score (nSPS) is 16.1. The summed E-state index contributed by atoms with van der Waals surface area (Å²) in [6.45, 7) is 2.42. The summed E-state index contributed by atoms with van der Waals surface area (Å²) < 4.78 is 37.6. The number of hydrogen-bond acceptors (Lipinski definition) is 5. The Hall–Kier alpha value is -2.02. The van der Waals surface area contributed by atoms with Gasteiger partial charge in [0, 0.05) is 12.7 Å². The number of ether oxygens (including phenoxy) is 1. The summed E-state index contributed by atoms with van der Waals surface area (Å²) in [6.07, 6.45) is 1.85. The van der Waals surface area contributed by atoms with Gasteiger partial charge in [0.05, 0.1) is 11.3 Å². The largest absolute Gasteiger partial charge is 0.396 e. The molecule has 1 aromatic carbocycles. The monoisotopic (exact) mass is 295 g/mol. The van der Waals surface area contributed by atoms with E-state index in [4.69, 9.17) is 15.0 Å². The minimum absolute atomic E-state index is 0.0151. The molecule has 0 amide bonds. The third kappa shape index (κ3) is 2.73. The molecule has 1 atom stereocenters. The van der Waals surface area contributed by atoms with Gasteiger partial charge in [0.25, 0.3) is 5.89 Å². The second-order valence-electron chi connectivity index (χ2n) is 5.02. The van der Waals surface area contributed by atoms with E-state index in [9.17, 15) is 8.78 Å². The zero-order chi connectivity index (χ0) is 15.0. The number of nitrogens with two attached hydrogens (primary N) is 1. The van der Waals surface area contributed by atoms with Crippen molar-refractivity contribution in [1.29, 1.82) is 0 Å². The highest BCUT2D eigenvalue weighted by atomic mass is 19.1. The van der Waals surface area contributed by atoms with Crippen LogP contribution in [0.5, 0.6) is 0 Å². The maximum absolute atomic E-state index is 13.8. The molecule has 1 saturated carbocycles. The molecule has 0 bridgehead atoms. The fourth-order valence-electron chi connectivity index (χ4n) is 2.19. The van der Waals surface area contributed by atoms with Gasteiger partial charge in [0.15, 0.2) is 0 Å². The Morgan fingerprint density at radius 3 is 2.81 bits per heavy atom. The predicted molar refractivity (Wildman–Crippen MR) is 71.2 cm³/mol. The molecule has 1 unspecified atom stereocenters. The second-order valence-corrected chi connectivity index (χ2v) is 5.02. The lowest BCUT2D eigenvalue weighted by molar-refractivity contribution is 0.0385. The van der Waals surface area contributed by atoms with Crippen LogP contribution in [0.25, 0.3) is 11.5 Å². The number of benzene rings is 1. The van der Waals surface area contributed by atoms with Gasteiger partial charge < -0.3 is 15.0 Å². The van der Waals surface area contributed by atoms with Crippen LogP contribution < -0.4 is 5.73 Å². The van der Waals surface area contributed by atoms with Crippen LogP contribution in [0.3, 0.4) is 0 Å². The molecule has 21 heavy (non-hydrogen) atoms. The van der Waals surface area contributed by atoms with Crippen LogP contribution in [-0.2, 0) is 4.74 Å². The van der Waals surface area contributed by atoms with Gasteiger partial charge in [-0.15, -0.1) is 0 Å². The molecule has 0 spiro atoms. The standard InChI is InChI=1S/C14H15F2N3O2/c1-2-20-12(7-3-4-7)13-18-14(21-19-13)8-5-11(17)10(16)6-9(8)15/h5-7,12H,2-4,17H2,1H3. The molecule has 0 saturated heterocycles. The van der Waals surface area contributed by atoms with Crippen molar-refractivity contribution < 1.29 is 18.0 Å². The minimum atomic E-state index is -0.818. The molecule has 3 rings (SSSR count). The first-order valence-corrected chi connectivity index (χ1v) is 6.80. The van der Waals surface area contributed by atoms with Crippen LogP contribution in [0.15, 0.2) is 16.7 Å². The Bertz CT molecular complexity index is 656. The molecule has 1 aliphatic carbocycles. The quantitative estimate of drug-likeness (QED) is 0.858. The molecule has 7 heteroatoms. The number of hydrogen-bond donors (Lipinski definition) is 1. The lowest BCUT2D eigenvalue weighted by Crippen LogP contribution is -2.08. The Kier molecular flexibility index (Phi) is 3.59. The molecule has 0 aliphatic heterocycles. The van der Waals surface area contributed by atoms with Crippen molar-refractivity contribution >= 4 is 5.69 Å². The first kappa shape index (κ1) is 13.9. The second kappa shape index (κ2) is 5.40. The Morgan fingerprint density at radius 2 is 2.14 bits per heavy atom. The van der Waals surface area contributed by atoms with Crippen molar-refractivity contribution in [1.82, 2.24) is 10.1 Å². The van der Waals surface area contributed by atoms with Gasteiger partial charge in [-0.3, -0.25) is 0 Å². The molecular formula is C14H15F2N3O2. The van der Waals surface area contributed by atoms with Gasteiger partial charge in [-0.25, -0.2) is 8.78 Å². The summed E-state index contributed by atoms with van der Waals surface area (Å²) in [5.74, 6) is -0.882. The topological polar surface area (TPSA) is 74.2 Å². The summed E-state index contributed by atoms with van der Waals surface area (Å²) in [5, 5.41) is 3.85. The minimum Gasteiger partial charge on any atom is -0.396 e. The van der Waals surface area contributed by atoms with Gasteiger partial charge in [-0.2, -0.15) is 4.98 Å². The number of nitrogen functional groups attached to an aromatic ring is 1. The first-order valence-electron chi connectivity index (χ1n) is 6.80. The van der Waals surface area contributed by atoms with E-state index in [0.29, 0.717) is 24.4 Å². The third-order valence-corrected chi connectivity index (χ3v) is 3.41. The van der Waals surface area contributed by atoms with E-state index in [1.807, 2.05) is 6.92 Å².